The van der Waals surface area contributed by atoms with Gasteiger partial charge in [-0.15, -0.1) is 0 Å². The van der Waals surface area contributed by atoms with Crippen LogP contribution in [0.4, 0.5) is 11.4 Å². The molecule has 0 amide bonds. The zero-order valence-corrected chi connectivity index (χ0v) is 9.45. The number of carbonyl (C=O) groups is 1. The van der Waals surface area contributed by atoms with E-state index in [1.807, 2.05) is 0 Å². The van der Waals surface area contributed by atoms with Crippen LogP contribution in [0.2, 0.25) is 0 Å². The van der Waals surface area contributed by atoms with E-state index < -0.39 is 5.97 Å². The predicted molar refractivity (Wildman–Crippen MR) is 66.5 cm³/mol. The minimum atomic E-state index is -1.14. The van der Waals surface area contributed by atoms with Crippen LogP contribution in [0.3, 0.4) is 0 Å². The molecule has 0 spiro atoms. The van der Waals surface area contributed by atoms with Crippen molar-refractivity contribution in [2.75, 3.05) is 0 Å². The van der Waals surface area contributed by atoms with Gasteiger partial charge in [-0.2, -0.15) is 9.98 Å². The van der Waals surface area contributed by atoms with Crippen molar-refractivity contribution in [2.24, 2.45) is 9.98 Å². The summed E-state index contributed by atoms with van der Waals surface area (Å²) in [5.41, 5.74) is 0.520. The van der Waals surface area contributed by atoms with Crippen LogP contribution in [0.15, 0.2) is 40.3 Å². The molecule has 6 nitrogen and oxygen atoms in total. The van der Waals surface area contributed by atoms with Crippen LogP contribution in [-0.2, 0) is 9.59 Å². The second-order valence-corrected chi connectivity index (χ2v) is 3.61. The topological polar surface area (TPSA) is 96.2 Å². The molecule has 0 radical (unpaired) electrons. The maximum atomic E-state index is 11.2. The second-order valence-electron chi connectivity index (χ2n) is 3.61. The molecule has 0 saturated heterocycles. The molecule has 92 valence electrons. The number of fused-ring (bicyclic) bond motifs is 1. The third kappa shape index (κ3) is 2.45. The smallest absolute Gasteiger partial charge is 0.336 e. The number of hydrogen-bond acceptors (Lipinski definition) is 5. The molecule has 2 aromatic rings. The van der Waals surface area contributed by atoms with E-state index in [2.05, 4.69) is 9.98 Å². The number of benzene rings is 2. The fraction of sp³-hybridized carbons (Fsp3) is 0. The van der Waals surface area contributed by atoms with Crippen LogP contribution in [-0.4, -0.2) is 23.2 Å². The molecular formula is C13H6N2O4. The zero-order valence-electron chi connectivity index (χ0n) is 9.45. The lowest BCUT2D eigenvalue weighted by atomic mass is 10.0. The highest BCUT2D eigenvalue weighted by molar-refractivity contribution is 6.05. The van der Waals surface area contributed by atoms with Crippen LogP contribution in [0.5, 0.6) is 0 Å². The number of carbonyl (C=O) groups excluding carboxylic acids is 2. The van der Waals surface area contributed by atoms with Gasteiger partial charge in [-0.05, 0) is 35.0 Å². The Kier molecular flexibility index (Phi) is 3.30. The fourth-order valence-electron chi connectivity index (χ4n) is 1.76. The average Bonchev–Trinajstić information content (AvgIpc) is 2.38. The lowest BCUT2D eigenvalue weighted by Gasteiger charge is -2.04. The molecule has 0 aliphatic heterocycles. The zero-order chi connectivity index (χ0) is 13.8. The first-order valence-corrected chi connectivity index (χ1v) is 5.12. The van der Waals surface area contributed by atoms with Gasteiger partial charge in [0.2, 0.25) is 12.2 Å². The van der Waals surface area contributed by atoms with Crippen LogP contribution >= 0.6 is 0 Å². The molecule has 0 aromatic heterocycles. The summed E-state index contributed by atoms with van der Waals surface area (Å²) in [5.74, 6) is -1.14. The van der Waals surface area contributed by atoms with Crippen LogP contribution in [0.1, 0.15) is 10.4 Å². The normalized spacial score (nSPS) is 9.47. The number of carboxylic acid groups (broad SMARTS) is 1. The van der Waals surface area contributed by atoms with E-state index in [1.165, 1.54) is 42.5 Å². The van der Waals surface area contributed by atoms with Crippen molar-refractivity contribution >= 4 is 40.3 Å². The second kappa shape index (κ2) is 5.06. The molecule has 0 bridgehead atoms. The lowest BCUT2D eigenvalue weighted by Crippen LogP contribution is -1.97. The molecule has 19 heavy (non-hydrogen) atoms. The van der Waals surface area contributed by atoms with E-state index in [0.29, 0.717) is 16.5 Å². The molecule has 0 aliphatic carbocycles. The highest BCUT2D eigenvalue weighted by Crippen LogP contribution is 2.28. The molecule has 1 N–H and O–H groups in total. The van der Waals surface area contributed by atoms with Gasteiger partial charge in [-0.3, -0.25) is 0 Å². The van der Waals surface area contributed by atoms with E-state index in [4.69, 9.17) is 5.11 Å². The summed E-state index contributed by atoms with van der Waals surface area (Å²) in [7, 11) is 0. The maximum Gasteiger partial charge on any atom is 0.336 e. The van der Waals surface area contributed by atoms with Crippen molar-refractivity contribution < 1.29 is 19.5 Å². The first kappa shape index (κ1) is 12.4. The minimum absolute atomic E-state index is 0.00753. The summed E-state index contributed by atoms with van der Waals surface area (Å²) in [6.45, 7) is 0. The van der Waals surface area contributed by atoms with Crippen molar-refractivity contribution in [3.8, 4) is 0 Å². The monoisotopic (exact) mass is 254 g/mol. The highest BCUT2D eigenvalue weighted by Gasteiger charge is 2.11. The van der Waals surface area contributed by atoms with E-state index in [9.17, 15) is 14.4 Å². The Morgan fingerprint density at radius 2 is 1.63 bits per heavy atom. The molecule has 0 heterocycles. The quantitative estimate of drug-likeness (QED) is 0.672. The van der Waals surface area contributed by atoms with Gasteiger partial charge in [0.05, 0.1) is 16.9 Å². The third-order valence-electron chi connectivity index (χ3n) is 2.50. The lowest BCUT2D eigenvalue weighted by molar-refractivity contribution is 0.0699. The summed E-state index contributed by atoms with van der Waals surface area (Å²) in [5, 5.41) is 10.1. The summed E-state index contributed by atoms with van der Waals surface area (Å²) < 4.78 is 0. The number of hydrogen-bond donors (Lipinski definition) is 1. The summed E-state index contributed by atoms with van der Waals surface area (Å²) >= 11 is 0. The van der Waals surface area contributed by atoms with Crippen molar-refractivity contribution in [1.82, 2.24) is 0 Å². The van der Waals surface area contributed by atoms with Gasteiger partial charge < -0.3 is 5.11 Å². The van der Waals surface area contributed by atoms with Gasteiger partial charge in [-0.25, -0.2) is 14.4 Å². The highest BCUT2D eigenvalue weighted by atomic mass is 16.4. The number of isocyanates is 2. The largest absolute Gasteiger partial charge is 0.478 e. The Balaban J connectivity index is 2.82. The first-order valence-electron chi connectivity index (χ1n) is 5.12. The Morgan fingerprint density at radius 1 is 1.00 bits per heavy atom. The Hall–Kier alpha value is -3.07. The van der Waals surface area contributed by atoms with Crippen molar-refractivity contribution in [1.29, 1.82) is 0 Å². The van der Waals surface area contributed by atoms with Gasteiger partial charge in [0.15, 0.2) is 0 Å². The number of rotatable bonds is 3. The number of aliphatic imine (C=N–C) groups is 2. The van der Waals surface area contributed by atoms with E-state index in [1.54, 1.807) is 0 Å². The van der Waals surface area contributed by atoms with Gasteiger partial charge >= 0.3 is 5.97 Å². The van der Waals surface area contributed by atoms with Crippen LogP contribution in [0.25, 0.3) is 10.8 Å². The molecule has 0 atom stereocenters. The number of carboxylic acids is 1. The van der Waals surface area contributed by atoms with Crippen LogP contribution in [0, 0.1) is 0 Å². The molecule has 0 unspecified atom stereocenters. The van der Waals surface area contributed by atoms with Crippen molar-refractivity contribution in [3.63, 3.8) is 0 Å². The van der Waals surface area contributed by atoms with Gasteiger partial charge in [0.1, 0.15) is 0 Å². The number of nitrogens with zero attached hydrogens (tertiary/aromatic N) is 2. The molecule has 0 saturated carbocycles. The fourth-order valence-corrected chi connectivity index (χ4v) is 1.76. The minimum Gasteiger partial charge on any atom is -0.478 e. The first-order chi connectivity index (χ1) is 9.15. The van der Waals surface area contributed by atoms with Gasteiger partial charge in [0, 0.05) is 0 Å². The molecule has 6 heteroatoms. The standard InChI is InChI=1S/C13H6N2O4/c16-6-14-9-1-2-11-8(3-9)4-10(15-7-17)5-12(11)13(18)19/h1-5H,(H,18,19). The van der Waals surface area contributed by atoms with Crippen molar-refractivity contribution in [2.45, 2.75) is 0 Å². The molecule has 2 aromatic carbocycles. The third-order valence-corrected chi connectivity index (χ3v) is 2.50. The summed E-state index contributed by atoms with van der Waals surface area (Å²) in [6.07, 6.45) is 2.75. The Morgan fingerprint density at radius 3 is 2.26 bits per heavy atom. The van der Waals surface area contributed by atoms with E-state index in [0.717, 1.165) is 0 Å². The summed E-state index contributed by atoms with van der Waals surface area (Å²) in [4.78, 5) is 38.5. The predicted octanol–water partition coefficient (Wildman–Crippen LogP) is 2.47. The van der Waals surface area contributed by atoms with Gasteiger partial charge in [-0.1, -0.05) is 6.07 Å². The average molecular weight is 254 g/mol. The maximum absolute atomic E-state index is 11.2. The molecule has 0 fully saturated rings. The summed E-state index contributed by atoms with van der Waals surface area (Å²) in [6, 6.07) is 7.33. The van der Waals surface area contributed by atoms with E-state index in [-0.39, 0.29) is 11.3 Å². The Bertz CT molecular complexity index is 764. The number of aromatic carboxylic acids is 1. The van der Waals surface area contributed by atoms with Crippen LogP contribution < -0.4 is 0 Å². The van der Waals surface area contributed by atoms with E-state index >= 15 is 0 Å². The Labute approximate surface area is 106 Å². The SMILES string of the molecule is O=C=Nc1ccc2c(C(=O)O)cc(N=C=O)cc2c1. The van der Waals surface area contributed by atoms with Crippen molar-refractivity contribution in [3.05, 3.63) is 35.9 Å². The molecule has 0 aliphatic rings. The molecular weight excluding hydrogens is 248 g/mol. The molecule has 2 rings (SSSR count). The van der Waals surface area contributed by atoms with Gasteiger partial charge in [0.25, 0.3) is 0 Å².